The molecule has 0 unspecified atom stereocenters. The van der Waals surface area contributed by atoms with Crippen molar-refractivity contribution in [1.82, 2.24) is 10.0 Å². The fourth-order valence-corrected chi connectivity index (χ4v) is 4.53. The number of hydrogen-bond donors (Lipinski definition) is 2. The number of carbonyl (C=O) groups is 2. The van der Waals surface area contributed by atoms with Crippen LogP contribution in [0.25, 0.3) is 10.8 Å². The van der Waals surface area contributed by atoms with Gasteiger partial charge in [-0.15, -0.1) is 0 Å². The Bertz CT molecular complexity index is 929. The molecule has 0 bridgehead atoms. The summed E-state index contributed by atoms with van der Waals surface area (Å²) >= 11 is 1.91. The monoisotopic (exact) mass is 436 g/mol. The van der Waals surface area contributed by atoms with Crippen molar-refractivity contribution in [3.05, 3.63) is 42.5 Å². The molecule has 0 saturated heterocycles. The molecule has 2 aromatic rings. The summed E-state index contributed by atoms with van der Waals surface area (Å²) in [5, 5.41) is 4.46. The van der Waals surface area contributed by atoms with Gasteiger partial charge in [-0.1, -0.05) is 43.7 Å². The molecule has 2 amide bonds. The zero-order valence-corrected chi connectivity index (χ0v) is 18.3. The average Bonchev–Trinajstić information content (AvgIpc) is 2.71. The maximum Gasteiger partial charge on any atom is 0.264 e. The molecule has 0 aliphatic carbocycles. The third-order valence-electron chi connectivity index (χ3n) is 4.35. The Morgan fingerprint density at radius 3 is 2.41 bits per heavy atom. The minimum absolute atomic E-state index is 0.0234. The van der Waals surface area contributed by atoms with Crippen molar-refractivity contribution < 1.29 is 18.0 Å². The summed E-state index contributed by atoms with van der Waals surface area (Å²) in [7, 11) is -3.96. The van der Waals surface area contributed by atoms with E-state index in [1.165, 1.54) is 12.1 Å². The molecule has 0 saturated carbocycles. The normalized spacial score (nSPS) is 11.3. The third kappa shape index (κ3) is 8.06. The summed E-state index contributed by atoms with van der Waals surface area (Å²) < 4.78 is 26.9. The molecule has 0 aliphatic heterocycles. The molecule has 2 rings (SSSR count). The van der Waals surface area contributed by atoms with Crippen LogP contribution in [0.3, 0.4) is 0 Å². The molecule has 158 valence electrons. The molecule has 0 radical (unpaired) electrons. The van der Waals surface area contributed by atoms with Gasteiger partial charge >= 0.3 is 0 Å². The van der Waals surface area contributed by atoms with E-state index in [2.05, 4.69) is 12.2 Å². The molecule has 0 aromatic heterocycles. The molecule has 6 nitrogen and oxygen atoms in total. The first kappa shape index (κ1) is 23.2. The van der Waals surface area contributed by atoms with E-state index in [0.717, 1.165) is 41.5 Å². The number of nitrogens with one attached hydrogen (secondary N) is 2. The van der Waals surface area contributed by atoms with Crippen molar-refractivity contribution in [3.63, 3.8) is 0 Å². The van der Waals surface area contributed by atoms with E-state index in [0.29, 0.717) is 6.54 Å². The van der Waals surface area contributed by atoms with Crippen LogP contribution in [0.4, 0.5) is 0 Å². The van der Waals surface area contributed by atoms with Gasteiger partial charge in [0.1, 0.15) is 0 Å². The summed E-state index contributed by atoms with van der Waals surface area (Å²) in [5.74, 6) is 1.32. The highest BCUT2D eigenvalue weighted by molar-refractivity contribution is 7.99. The SMILES string of the molecule is CCSCCCCCNC(=O)CCC(=O)NS(=O)(=O)c1ccc2ccccc2c1. The first-order chi connectivity index (χ1) is 13.9. The molecule has 0 atom stereocenters. The van der Waals surface area contributed by atoms with Gasteiger partial charge in [-0.25, -0.2) is 13.1 Å². The Morgan fingerprint density at radius 1 is 0.931 bits per heavy atom. The van der Waals surface area contributed by atoms with Crippen molar-refractivity contribution in [2.75, 3.05) is 18.1 Å². The number of carbonyl (C=O) groups excluding carboxylic acids is 2. The largest absolute Gasteiger partial charge is 0.356 e. The highest BCUT2D eigenvalue weighted by Gasteiger charge is 2.18. The number of fused-ring (bicyclic) bond motifs is 1. The first-order valence-electron chi connectivity index (χ1n) is 9.81. The standard InChI is InChI=1S/C21H28N2O4S2/c1-2-28-15-7-3-6-14-22-20(24)12-13-21(25)23-29(26,27)19-11-10-17-8-4-5-9-18(17)16-19/h4-5,8-11,16H,2-3,6-7,12-15H2,1H3,(H,22,24)(H,23,25). The van der Waals surface area contributed by atoms with Crippen LogP contribution < -0.4 is 10.0 Å². The molecule has 0 fully saturated rings. The average molecular weight is 437 g/mol. The lowest BCUT2D eigenvalue weighted by Crippen LogP contribution is -2.32. The summed E-state index contributed by atoms with van der Waals surface area (Å²) in [6, 6.07) is 12.1. The van der Waals surface area contributed by atoms with E-state index >= 15 is 0 Å². The Hall–Kier alpha value is -2.06. The number of amides is 2. The Morgan fingerprint density at radius 2 is 1.66 bits per heavy atom. The fourth-order valence-electron chi connectivity index (χ4n) is 2.79. The quantitative estimate of drug-likeness (QED) is 0.497. The van der Waals surface area contributed by atoms with E-state index in [1.54, 1.807) is 6.07 Å². The lowest BCUT2D eigenvalue weighted by atomic mass is 10.1. The molecule has 0 aliphatic rings. The van der Waals surface area contributed by atoms with Crippen LogP contribution >= 0.6 is 11.8 Å². The van der Waals surface area contributed by atoms with Gasteiger partial charge in [-0.2, -0.15) is 11.8 Å². The zero-order valence-electron chi connectivity index (χ0n) is 16.6. The number of hydrogen-bond acceptors (Lipinski definition) is 5. The van der Waals surface area contributed by atoms with Crippen LogP contribution in [0, 0.1) is 0 Å². The van der Waals surface area contributed by atoms with Gasteiger partial charge < -0.3 is 5.32 Å². The summed E-state index contributed by atoms with van der Waals surface area (Å²) in [6.07, 6.45) is 2.87. The van der Waals surface area contributed by atoms with Gasteiger partial charge in [0, 0.05) is 19.4 Å². The molecular formula is C21H28N2O4S2. The second-order valence-electron chi connectivity index (χ2n) is 6.65. The molecule has 29 heavy (non-hydrogen) atoms. The lowest BCUT2D eigenvalue weighted by molar-refractivity contribution is -0.125. The number of sulfonamides is 1. The van der Waals surface area contributed by atoms with E-state index < -0.39 is 15.9 Å². The summed E-state index contributed by atoms with van der Waals surface area (Å²) in [5.41, 5.74) is 0. The zero-order chi connectivity index (χ0) is 21.1. The molecular weight excluding hydrogens is 408 g/mol. The van der Waals surface area contributed by atoms with Crippen LogP contribution in [-0.4, -0.2) is 38.3 Å². The van der Waals surface area contributed by atoms with Crippen molar-refractivity contribution in [1.29, 1.82) is 0 Å². The van der Waals surface area contributed by atoms with Gasteiger partial charge in [0.05, 0.1) is 4.90 Å². The predicted octanol–water partition coefficient (Wildman–Crippen LogP) is 3.46. The Kier molecular flexibility index (Phi) is 9.47. The van der Waals surface area contributed by atoms with Crippen LogP contribution in [0.2, 0.25) is 0 Å². The molecule has 2 N–H and O–H groups in total. The highest BCUT2D eigenvalue weighted by Crippen LogP contribution is 2.18. The number of rotatable bonds is 12. The number of benzene rings is 2. The van der Waals surface area contributed by atoms with E-state index in [-0.39, 0.29) is 23.6 Å². The van der Waals surface area contributed by atoms with Gasteiger partial charge in [-0.05, 0) is 47.3 Å². The van der Waals surface area contributed by atoms with Gasteiger partial charge in [-0.3, -0.25) is 9.59 Å². The van der Waals surface area contributed by atoms with E-state index in [9.17, 15) is 18.0 Å². The Balaban J connectivity index is 1.74. The van der Waals surface area contributed by atoms with E-state index in [1.807, 2.05) is 40.7 Å². The Labute approximate surface area is 176 Å². The van der Waals surface area contributed by atoms with Crippen molar-refractivity contribution in [2.45, 2.75) is 43.9 Å². The first-order valence-corrected chi connectivity index (χ1v) is 12.4. The van der Waals surface area contributed by atoms with Crippen molar-refractivity contribution in [3.8, 4) is 0 Å². The number of unbranched alkanes of at least 4 members (excludes halogenated alkanes) is 2. The third-order valence-corrected chi connectivity index (χ3v) is 6.71. The van der Waals surface area contributed by atoms with Gasteiger partial charge in [0.15, 0.2) is 0 Å². The molecule has 2 aromatic carbocycles. The van der Waals surface area contributed by atoms with Crippen molar-refractivity contribution in [2.24, 2.45) is 0 Å². The number of thioether (sulfide) groups is 1. The maximum absolute atomic E-state index is 12.4. The topological polar surface area (TPSA) is 92.3 Å². The van der Waals surface area contributed by atoms with Gasteiger partial charge in [0.25, 0.3) is 10.0 Å². The molecule has 0 heterocycles. The highest BCUT2D eigenvalue weighted by atomic mass is 32.2. The molecule has 0 spiro atoms. The predicted molar refractivity (Wildman–Crippen MR) is 118 cm³/mol. The minimum Gasteiger partial charge on any atom is -0.356 e. The van der Waals surface area contributed by atoms with Crippen molar-refractivity contribution >= 4 is 44.4 Å². The summed E-state index contributed by atoms with van der Waals surface area (Å²) in [6.45, 7) is 2.71. The maximum atomic E-state index is 12.4. The smallest absolute Gasteiger partial charge is 0.264 e. The van der Waals surface area contributed by atoms with Crippen LogP contribution in [-0.2, 0) is 19.6 Å². The summed E-state index contributed by atoms with van der Waals surface area (Å²) in [4.78, 5) is 23.8. The lowest BCUT2D eigenvalue weighted by Gasteiger charge is -2.08. The second-order valence-corrected chi connectivity index (χ2v) is 9.72. The minimum atomic E-state index is -3.96. The van der Waals surface area contributed by atoms with Crippen LogP contribution in [0.5, 0.6) is 0 Å². The second kappa shape index (κ2) is 11.8. The van der Waals surface area contributed by atoms with E-state index in [4.69, 9.17) is 0 Å². The van der Waals surface area contributed by atoms with Crippen LogP contribution in [0.15, 0.2) is 47.4 Å². The van der Waals surface area contributed by atoms with Crippen LogP contribution in [0.1, 0.15) is 39.0 Å². The van der Waals surface area contributed by atoms with Gasteiger partial charge in [0.2, 0.25) is 11.8 Å². The molecule has 8 heteroatoms. The fraction of sp³-hybridized carbons (Fsp3) is 0.429.